The van der Waals surface area contributed by atoms with Crippen molar-refractivity contribution in [2.45, 2.75) is 19.8 Å². The maximum absolute atomic E-state index is 6.14. The molecular formula is C11H11ClN2O. The number of nitrogens with zero attached hydrogens (tertiary/aromatic N) is 2. The Morgan fingerprint density at radius 1 is 1.33 bits per heavy atom. The van der Waals surface area contributed by atoms with Crippen LogP contribution in [0.1, 0.15) is 25.3 Å². The topological polar surface area (TPSA) is 38.9 Å². The van der Waals surface area contributed by atoms with E-state index in [4.69, 9.17) is 16.0 Å². The smallest absolute Gasteiger partial charge is 0.248 e. The van der Waals surface area contributed by atoms with Crippen molar-refractivity contribution in [3.63, 3.8) is 0 Å². The Bertz CT molecular complexity index is 452. The van der Waals surface area contributed by atoms with Crippen molar-refractivity contribution in [3.05, 3.63) is 35.2 Å². The van der Waals surface area contributed by atoms with Gasteiger partial charge in [0.2, 0.25) is 12.3 Å². The fraction of sp³-hybridized carbons (Fsp3) is 0.273. The molecule has 0 aliphatic carbocycles. The summed E-state index contributed by atoms with van der Waals surface area (Å²) in [5.41, 5.74) is 1.97. The molecule has 3 nitrogen and oxygen atoms in total. The van der Waals surface area contributed by atoms with Crippen molar-refractivity contribution in [3.8, 4) is 11.5 Å². The maximum atomic E-state index is 6.14. The fourth-order valence-corrected chi connectivity index (χ4v) is 1.62. The summed E-state index contributed by atoms with van der Waals surface area (Å²) in [5.74, 6) is 0.912. The van der Waals surface area contributed by atoms with Crippen LogP contribution in [0, 0.1) is 0 Å². The lowest BCUT2D eigenvalue weighted by molar-refractivity contribution is 0.568. The number of halogens is 1. The average Bonchev–Trinajstić information content (AvgIpc) is 2.70. The van der Waals surface area contributed by atoms with Crippen LogP contribution in [0.3, 0.4) is 0 Å². The molecule has 0 N–H and O–H groups in total. The van der Waals surface area contributed by atoms with Gasteiger partial charge in [-0.15, -0.1) is 10.2 Å². The molecule has 0 saturated carbocycles. The van der Waals surface area contributed by atoms with E-state index in [0.29, 0.717) is 16.8 Å². The molecule has 0 fully saturated rings. The molecule has 0 bridgehead atoms. The summed E-state index contributed by atoms with van der Waals surface area (Å²) in [7, 11) is 0. The molecule has 0 atom stereocenters. The highest BCUT2D eigenvalue weighted by atomic mass is 35.5. The van der Waals surface area contributed by atoms with Crippen molar-refractivity contribution in [2.24, 2.45) is 0 Å². The summed E-state index contributed by atoms with van der Waals surface area (Å²) in [6.07, 6.45) is 1.29. The van der Waals surface area contributed by atoms with E-state index < -0.39 is 0 Å². The van der Waals surface area contributed by atoms with Gasteiger partial charge in [-0.25, -0.2) is 0 Å². The highest BCUT2D eigenvalue weighted by Gasteiger charge is 2.10. The van der Waals surface area contributed by atoms with Gasteiger partial charge in [0.1, 0.15) is 0 Å². The van der Waals surface area contributed by atoms with Crippen LogP contribution in [0.2, 0.25) is 5.02 Å². The maximum Gasteiger partial charge on any atom is 0.248 e. The molecule has 0 saturated heterocycles. The van der Waals surface area contributed by atoms with Crippen LogP contribution in [0.5, 0.6) is 0 Å². The Balaban J connectivity index is 2.44. The summed E-state index contributed by atoms with van der Waals surface area (Å²) < 4.78 is 5.09. The van der Waals surface area contributed by atoms with Crippen molar-refractivity contribution in [1.29, 1.82) is 0 Å². The van der Waals surface area contributed by atoms with Gasteiger partial charge in [0.15, 0.2) is 0 Å². The van der Waals surface area contributed by atoms with E-state index in [-0.39, 0.29) is 0 Å². The van der Waals surface area contributed by atoms with Gasteiger partial charge in [-0.3, -0.25) is 0 Å². The van der Waals surface area contributed by atoms with E-state index in [9.17, 15) is 0 Å². The third-order valence-electron chi connectivity index (χ3n) is 2.25. The van der Waals surface area contributed by atoms with Gasteiger partial charge in [0, 0.05) is 0 Å². The first-order valence-corrected chi connectivity index (χ1v) is 5.12. The molecule has 2 rings (SSSR count). The zero-order chi connectivity index (χ0) is 10.8. The minimum Gasteiger partial charge on any atom is -0.423 e. The Labute approximate surface area is 93.1 Å². The zero-order valence-electron chi connectivity index (χ0n) is 8.57. The van der Waals surface area contributed by atoms with Gasteiger partial charge in [-0.05, 0) is 23.6 Å². The highest BCUT2D eigenvalue weighted by molar-refractivity contribution is 6.33. The van der Waals surface area contributed by atoms with E-state index in [1.165, 1.54) is 12.0 Å². The summed E-state index contributed by atoms with van der Waals surface area (Å²) in [4.78, 5) is 0. The lowest BCUT2D eigenvalue weighted by Gasteiger charge is -2.07. The second kappa shape index (κ2) is 4.03. The number of hydrogen-bond acceptors (Lipinski definition) is 3. The lowest BCUT2D eigenvalue weighted by Crippen LogP contribution is -1.88. The molecule has 78 valence electrons. The molecule has 0 amide bonds. The standard InChI is InChI=1S/C11H11ClN2O/c1-7(2)8-3-4-9(10(12)5-8)11-14-13-6-15-11/h3-7H,1-2H3. The molecule has 2 aromatic rings. The lowest BCUT2D eigenvalue weighted by atomic mass is 10.0. The zero-order valence-corrected chi connectivity index (χ0v) is 9.32. The normalized spacial score (nSPS) is 10.9. The summed E-state index contributed by atoms with van der Waals surface area (Å²) in [6, 6.07) is 5.87. The first-order valence-electron chi connectivity index (χ1n) is 4.74. The molecular weight excluding hydrogens is 212 g/mol. The number of benzene rings is 1. The number of hydrogen-bond donors (Lipinski definition) is 0. The molecule has 1 aromatic carbocycles. The predicted octanol–water partition coefficient (Wildman–Crippen LogP) is 3.51. The predicted molar refractivity (Wildman–Crippen MR) is 58.8 cm³/mol. The van der Waals surface area contributed by atoms with Gasteiger partial charge < -0.3 is 4.42 Å². The second-order valence-corrected chi connectivity index (χ2v) is 4.05. The molecule has 0 aliphatic rings. The molecule has 0 unspecified atom stereocenters. The molecule has 1 aromatic heterocycles. The van der Waals surface area contributed by atoms with E-state index >= 15 is 0 Å². The largest absolute Gasteiger partial charge is 0.423 e. The summed E-state index contributed by atoms with van der Waals surface area (Å²) in [6.45, 7) is 4.25. The number of rotatable bonds is 2. The molecule has 0 aliphatic heterocycles. The van der Waals surface area contributed by atoms with E-state index in [1.54, 1.807) is 0 Å². The third kappa shape index (κ3) is 2.02. The molecule has 15 heavy (non-hydrogen) atoms. The quantitative estimate of drug-likeness (QED) is 0.781. The van der Waals surface area contributed by atoms with Crippen molar-refractivity contribution >= 4 is 11.6 Å². The van der Waals surface area contributed by atoms with Crippen LogP contribution in [-0.2, 0) is 0 Å². The van der Waals surface area contributed by atoms with Crippen LogP contribution in [0.4, 0.5) is 0 Å². The monoisotopic (exact) mass is 222 g/mol. The van der Waals surface area contributed by atoms with E-state index in [0.717, 1.165) is 5.56 Å². The fourth-order valence-electron chi connectivity index (χ4n) is 1.35. The average molecular weight is 223 g/mol. The van der Waals surface area contributed by atoms with Crippen LogP contribution in [0.15, 0.2) is 29.0 Å². The van der Waals surface area contributed by atoms with Crippen LogP contribution < -0.4 is 0 Å². The van der Waals surface area contributed by atoms with Crippen molar-refractivity contribution in [1.82, 2.24) is 10.2 Å². The minimum atomic E-state index is 0.454. The highest BCUT2D eigenvalue weighted by Crippen LogP contribution is 2.29. The minimum absolute atomic E-state index is 0.454. The number of aromatic nitrogens is 2. The Hall–Kier alpha value is -1.35. The van der Waals surface area contributed by atoms with E-state index in [2.05, 4.69) is 24.0 Å². The van der Waals surface area contributed by atoms with Gasteiger partial charge in [-0.1, -0.05) is 31.5 Å². The Morgan fingerprint density at radius 3 is 2.67 bits per heavy atom. The second-order valence-electron chi connectivity index (χ2n) is 3.64. The van der Waals surface area contributed by atoms with E-state index in [1.807, 2.05) is 18.2 Å². The van der Waals surface area contributed by atoms with Gasteiger partial charge in [0.25, 0.3) is 0 Å². The molecule has 0 radical (unpaired) electrons. The van der Waals surface area contributed by atoms with Crippen LogP contribution in [0.25, 0.3) is 11.5 Å². The van der Waals surface area contributed by atoms with Gasteiger partial charge >= 0.3 is 0 Å². The molecule has 4 heteroatoms. The van der Waals surface area contributed by atoms with Gasteiger partial charge in [0.05, 0.1) is 10.6 Å². The molecule has 1 heterocycles. The Kier molecular flexibility index (Phi) is 2.73. The van der Waals surface area contributed by atoms with Crippen molar-refractivity contribution < 1.29 is 4.42 Å². The first-order chi connectivity index (χ1) is 7.18. The van der Waals surface area contributed by atoms with Crippen molar-refractivity contribution in [2.75, 3.05) is 0 Å². The summed E-state index contributed by atoms with van der Waals surface area (Å²) in [5, 5.41) is 8.09. The Morgan fingerprint density at radius 2 is 2.13 bits per heavy atom. The molecule has 0 spiro atoms. The summed E-state index contributed by atoms with van der Waals surface area (Å²) >= 11 is 6.14. The van der Waals surface area contributed by atoms with Crippen LogP contribution in [-0.4, -0.2) is 10.2 Å². The third-order valence-corrected chi connectivity index (χ3v) is 2.56. The SMILES string of the molecule is CC(C)c1ccc(-c2nnco2)c(Cl)c1. The van der Waals surface area contributed by atoms with Crippen LogP contribution >= 0.6 is 11.6 Å². The first kappa shape index (κ1) is 10.2. The van der Waals surface area contributed by atoms with Gasteiger partial charge in [-0.2, -0.15) is 0 Å².